The number of hydrogen-bond donors (Lipinski definition) is 1. The van der Waals surface area contributed by atoms with Gasteiger partial charge in [-0.1, -0.05) is 6.92 Å². The largest absolute Gasteiger partial charge is 0.373 e. The van der Waals surface area contributed by atoms with Crippen molar-refractivity contribution >= 4 is 5.82 Å². The van der Waals surface area contributed by atoms with Gasteiger partial charge in [-0.25, -0.2) is 4.98 Å². The molecule has 3 heteroatoms. The highest BCUT2D eigenvalue weighted by Crippen LogP contribution is 2.10. The predicted molar refractivity (Wildman–Crippen MR) is 65.0 cm³/mol. The van der Waals surface area contributed by atoms with Crippen LogP contribution in [0.15, 0.2) is 18.3 Å². The Kier molecular flexibility index (Phi) is 4.56. The molecule has 0 bridgehead atoms. The molecule has 0 fully saturated rings. The van der Waals surface area contributed by atoms with Crippen LogP contribution in [0.5, 0.6) is 0 Å². The van der Waals surface area contributed by atoms with Crippen LogP contribution in [-0.4, -0.2) is 30.0 Å². The van der Waals surface area contributed by atoms with Crippen LogP contribution in [0.4, 0.5) is 5.82 Å². The van der Waals surface area contributed by atoms with Gasteiger partial charge in [-0.3, -0.25) is 4.90 Å². The molecule has 1 N–H and O–H groups in total. The lowest BCUT2D eigenvalue weighted by Crippen LogP contribution is -2.27. The van der Waals surface area contributed by atoms with Gasteiger partial charge in [0.1, 0.15) is 5.82 Å². The fourth-order valence-electron chi connectivity index (χ4n) is 1.46. The SMILES string of the molecule is CCC(C)N(C)Cc1ccnc(NC)c1. The third-order valence-electron chi connectivity index (χ3n) is 2.86. The van der Waals surface area contributed by atoms with E-state index in [9.17, 15) is 0 Å². The molecule has 84 valence electrons. The summed E-state index contributed by atoms with van der Waals surface area (Å²) < 4.78 is 0. The lowest BCUT2D eigenvalue weighted by molar-refractivity contribution is 0.244. The van der Waals surface area contributed by atoms with E-state index in [0.717, 1.165) is 12.4 Å². The van der Waals surface area contributed by atoms with E-state index in [4.69, 9.17) is 0 Å². The van der Waals surface area contributed by atoms with Crippen molar-refractivity contribution in [1.29, 1.82) is 0 Å². The van der Waals surface area contributed by atoms with Gasteiger partial charge >= 0.3 is 0 Å². The molecule has 0 aliphatic carbocycles. The minimum absolute atomic E-state index is 0.621. The Balaban J connectivity index is 2.63. The fraction of sp³-hybridized carbons (Fsp3) is 0.583. The van der Waals surface area contributed by atoms with Gasteiger partial charge in [0.25, 0.3) is 0 Å². The van der Waals surface area contributed by atoms with Crippen molar-refractivity contribution in [3.05, 3.63) is 23.9 Å². The molecule has 1 unspecified atom stereocenters. The minimum atomic E-state index is 0.621. The Hall–Kier alpha value is -1.09. The van der Waals surface area contributed by atoms with Gasteiger partial charge in [-0.05, 0) is 38.1 Å². The van der Waals surface area contributed by atoms with E-state index in [-0.39, 0.29) is 0 Å². The summed E-state index contributed by atoms with van der Waals surface area (Å²) in [5.41, 5.74) is 1.30. The Labute approximate surface area is 92.5 Å². The quantitative estimate of drug-likeness (QED) is 0.803. The lowest BCUT2D eigenvalue weighted by Gasteiger charge is -2.23. The molecule has 3 nitrogen and oxygen atoms in total. The van der Waals surface area contributed by atoms with Gasteiger partial charge in [0.05, 0.1) is 0 Å². The standard InChI is InChI=1S/C12H21N3/c1-5-10(2)15(4)9-11-6-7-14-12(8-11)13-3/h6-8,10H,5,9H2,1-4H3,(H,13,14). The van der Waals surface area contributed by atoms with Crippen molar-refractivity contribution in [2.24, 2.45) is 0 Å². The van der Waals surface area contributed by atoms with Crippen molar-refractivity contribution in [2.45, 2.75) is 32.9 Å². The molecule has 0 saturated heterocycles. The number of hydrogen-bond acceptors (Lipinski definition) is 3. The first-order chi connectivity index (χ1) is 7.17. The molecular formula is C12H21N3. The fourth-order valence-corrected chi connectivity index (χ4v) is 1.46. The van der Waals surface area contributed by atoms with Crippen molar-refractivity contribution in [3.8, 4) is 0 Å². The van der Waals surface area contributed by atoms with E-state index >= 15 is 0 Å². The zero-order valence-electron chi connectivity index (χ0n) is 10.1. The van der Waals surface area contributed by atoms with Gasteiger partial charge in [0.2, 0.25) is 0 Å². The first kappa shape index (κ1) is 12.0. The van der Waals surface area contributed by atoms with Crippen LogP contribution in [0.1, 0.15) is 25.8 Å². The average Bonchev–Trinajstić information content (AvgIpc) is 2.28. The first-order valence-corrected chi connectivity index (χ1v) is 5.50. The van der Waals surface area contributed by atoms with Crippen LogP contribution in [0.2, 0.25) is 0 Å². The lowest BCUT2D eigenvalue weighted by atomic mass is 10.2. The molecule has 1 aromatic rings. The van der Waals surface area contributed by atoms with Crippen molar-refractivity contribution < 1.29 is 0 Å². The minimum Gasteiger partial charge on any atom is -0.373 e. The second kappa shape index (κ2) is 5.71. The maximum atomic E-state index is 4.20. The number of nitrogens with zero attached hydrogens (tertiary/aromatic N) is 2. The van der Waals surface area contributed by atoms with E-state index in [2.05, 4.69) is 48.2 Å². The summed E-state index contributed by atoms with van der Waals surface area (Å²) in [6.45, 7) is 5.44. The van der Waals surface area contributed by atoms with Crippen molar-refractivity contribution in [2.75, 3.05) is 19.4 Å². The summed E-state index contributed by atoms with van der Waals surface area (Å²) in [5.74, 6) is 0.935. The Morgan fingerprint density at radius 3 is 2.87 bits per heavy atom. The summed E-state index contributed by atoms with van der Waals surface area (Å²) >= 11 is 0. The van der Waals surface area contributed by atoms with E-state index in [1.54, 1.807) is 0 Å². The van der Waals surface area contributed by atoms with E-state index in [0.29, 0.717) is 6.04 Å². The zero-order valence-corrected chi connectivity index (χ0v) is 10.1. The molecule has 1 atom stereocenters. The molecule has 0 radical (unpaired) electrons. The summed E-state index contributed by atoms with van der Waals surface area (Å²) in [7, 11) is 4.05. The van der Waals surface area contributed by atoms with E-state index < -0.39 is 0 Å². The molecule has 1 rings (SSSR count). The van der Waals surface area contributed by atoms with Gasteiger partial charge in [-0.15, -0.1) is 0 Å². The summed E-state index contributed by atoms with van der Waals surface area (Å²) in [4.78, 5) is 6.56. The summed E-state index contributed by atoms with van der Waals surface area (Å²) in [6, 6.07) is 4.79. The number of rotatable bonds is 5. The predicted octanol–water partition coefficient (Wildman–Crippen LogP) is 2.35. The van der Waals surface area contributed by atoms with Crippen molar-refractivity contribution in [1.82, 2.24) is 9.88 Å². The van der Waals surface area contributed by atoms with E-state index in [1.165, 1.54) is 12.0 Å². The highest BCUT2D eigenvalue weighted by atomic mass is 15.1. The Morgan fingerprint density at radius 1 is 1.53 bits per heavy atom. The maximum Gasteiger partial charge on any atom is 0.125 e. The van der Waals surface area contributed by atoms with Crippen LogP contribution in [0.25, 0.3) is 0 Å². The van der Waals surface area contributed by atoms with Crippen LogP contribution in [0.3, 0.4) is 0 Å². The summed E-state index contributed by atoms with van der Waals surface area (Å²) in [5, 5.41) is 3.05. The molecular weight excluding hydrogens is 186 g/mol. The van der Waals surface area contributed by atoms with Crippen molar-refractivity contribution in [3.63, 3.8) is 0 Å². The topological polar surface area (TPSA) is 28.2 Å². The Bertz CT molecular complexity index is 299. The van der Waals surface area contributed by atoms with Crippen LogP contribution in [-0.2, 0) is 6.54 Å². The molecule has 0 aromatic carbocycles. The maximum absolute atomic E-state index is 4.20. The van der Waals surface area contributed by atoms with Crippen LogP contribution >= 0.6 is 0 Å². The second-order valence-corrected chi connectivity index (χ2v) is 3.97. The van der Waals surface area contributed by atoms with Gasteiger partial charge in [0, 0.05) is 25.8 Å². The van der Waals surface area contributed by atoms with Crippen LogP contribution < -0.4 is 5.32 Å². The Morgan fingerprint density at radius 2 is 2.27 bits per heavy atom. The van der Waals surface area contributed by atoms with Gasteiger partial charge in [-0.2, -0.15) is 0 Å². The normalized spacial score (nSPS) is 12.9. The smallest absolute Gasteiger partial charge is 0.125 e. The third kappa shape index (κ3) is 3.51. The van der Waals surface area contributed by atoms with E-state index in [1.807, 2.05) is 13.2 Å². The van der Waals surface area contributed by atoms with Gasteiger partial charge in [0.15, 0.2) is 0 Å². The highest BCUT2D eigenvalue weighted by molar-refractivity contribution is 5.36. The molecule has 0 aliphatic rings. The number of aromatic nitrogens is 1. The monoisotopic (exact) mass is 207 g/mol. The first-order valence-electron chi connectivity index (χ1n) is 5.50. The molecule has 0 saturated carbocycles. The molecule has 0 aliphatic heterocycles. The third-order valence-corrected chi connectivity index (χ3v) is 2.86. The van der Waals surface area contributed by atoms with Crippen LogP contribution in [0, 0.1) is 0 Å². The summed E-state index contributed by atoms with van der Waals surface area (Å²) in [6.07, 6.45) is 3.03. The number of nitrogens with one attached hydrogen (secondary N) is 1. The molecule has 1 heterocycles. The highest BCUT2D eigenvalue weighted by Gasteiger charge is 2.07. The molecule has 0 amide bonds. The second-order valence-electron chi connectivity index (χ2n) is 3.97. The molecule has 15 heavy (non-hydrogen) atoms. The molecule has 1 aromatic heterocycles. The number of pyridine rings is 1. The van der Waals surface area contributed by atoms with Gasteiger partial charge < -0.3 is 5.32 Å². The zero-order chi connectivity index (χ0) is 11.3. The number of anilines is 1. The molecule has 0 spiro atoms. The average molecular weight is 207 g/mol.